The van der Waals surface area contributed by atoms with Crippen LogP contribution in [-0.4, -0.2) is 37.3 Å². The Hall–Kier alpha value is -2.24. The average Bonchev–Trinajstić information content (AvgIpc) is 2.74. The zero-order chi connectivity index (χ0) is 12.4. The van der Waals surface area contributed by atoms with E-state index in [-0.39, 0.29) is 11.6 Å². The quantitative estimate of drug-likeness (QED) is 0.818. The lowest BCUT2D eigenvalue weighted by molar-refractivity contribution is 0.0696. The first kappa shape index (κ1) is 11.3. The molecule has 0 spiro atoms. The Morgan fingerprint density at radius 1 is 1.53 bits per heavy atom. The van der Waals surface area contributed by atoms with E-state index in [1.165, 1.54) is 24.1 Å². The molecular weight excluding hydrogens is 224 g/mol. The third-order valence-corrected chi connectivity index (χ3v) is 2.57. The first-order valence-corrected chi connectivity index (χ1v) is 5.10. The number of carboxylic acid groups (broad SMARTS) is 1. The van der Waals surface area contributed by atoms with Gasteiger partial charge in [-0.2, -0.15) is 0 Å². The van der Waals surface area contributed by atoms with Crippen LogP contribution in [0.15, 0.2) is 18.2 Å². The van der Waals surface area contributed by atoms with Gasteiger partial charge in [0.2, 0.25) is 0 Å². The molecule has 6 nitrogen and oxygen atoms in total. The van der Waals surface area contributed by atoms with E-state index in [4.69, 9.17) is 9.84 Å². The summed E-state index contributed by atoms with van der Waals surface area (Å²) in [7, 11) is 1.44. The number of anilines is 1. The maximum atomic E-state index is 11.5. The highest BCUT2D eigenvalue weighted by atomic mass is 16.5. The number of carbonyl (C=O) groups excluding carboxylic acids is 1. The topological polar surface area (TPSA) is 78.9 Å². The van der Waals surface area contributed by atoms with Gasteiger partial charge < -0.3 is 15.2 Å². The van der Waals surface area contributed by atoms with Crippen LogP contribution in [0.4, 0.5) is 10.5 Å². The average molecular weight is 236 g/mol. The molecule has 0 saturated carbocycles. The second-order valence-electron chi connectivity index (χ2n) is 3.58. The smallest absolute Gasteiger partial charge is 0.335 e. The highest BCUT2D eigenvalue weighted by Crippen LogP contribution is 2.30. The van der Waals surface area contributed by atoms with Crippen LogP contribution in [0.5, 0.6) is 5.75 Å². The van der Waals surface area contributed by atoms with Crippen LogP contribution in [0.3, 0.4) is 0 Å². The molecule has 1 saturated heterocycles. The van der Waals surface area contributed by atoms with Crippen LogP contribution >= 0.6 is 0 Å². The number of urea groups is 1. The summed E-state index contributed by atoms with van der Waals surface area (Å²) in [6.07, 6.45) is 0. The number of hydrogen-bond acceptors (Lipinski definition) is 3. The number of ether oxygens (including phenoxy) is 1. The molecule has 1 aliphatic rings. The van der Waals surface area contributed by atoms with E-state index in [1.54, 1.807) is 6.07 Å². The van der Waals surface area contributed by atoms with Crippen molar-refractivity contribution >= 4 is 17.7 Å². The highest BCUT2D eigenvalue weighted by molar-refractivity contribution is 5.97. The molecule has 2 N–H and O–H groups in total. The number of carbonyl (C=O) groups is 2. The lowest BCUT2D eigenvalue weighted by Gasteiger charge is -2.17. The van der Waals surface area contributed by atoms with Gasteiger partial charge in [0.25, 0.3) is 0 Å². The molecule has 2 amide bonds. The SMILES string of the molecule is COc1cc(C(=O)O)ccc1N1CCNC1=O. The summed E-state index contributed by atoms with van der Waals surface area (Å²) in [6.45, 7) is 1.12. The molecule has 0 aromatic heterocycles. The Morgan fingerprint density at radius 3 is 2.82 bits per heavy atom. The summed E-state index contributed by atoms with van der Waals surface area (Å²) in [6, 6.07) is 4.23. The van der Waals surface area contributed by atoms with Crippen LogP contribution in [0.1, 0.15) is 10.4 Å². The molecule has 0 atom stereocenters. The van der Waals surface area contributed by atoms with Crippen molar-refractivity contribution in [3.05, 3.63) is 23.8 Å². The Balaban J connectivity index is 2.40. The predicted octanol–water partition coefficient (Wildman–Crippen LogP) is 0.923. The maximum absolute atomic E-state index is 11.5. The van der Waals surface area contributed by atoms with Gasteiger partial charge in [-0.05, 0) is 18.2 Å². The molecule has 0 bridgehead atoms. The standard InChI is InChI=1S/C11H12N2O4/c1-17-9-6-7(10(14)15)2-3-8(9)13-5-4-12-11(13)16/h2-3,6H,4-5H2,1H3,(H,12,16)(H,14,15). The molecule has 1 aromatic rings. The van der Waals surface area contributed by atoms with Crippen molar-refractivity contribution in [2.45, 2.75) is 0 Å². The van der Waals surface area contributed by atoms with Gasteiger partial charge in [0.15, 0.2) is 0 Å². The number of benzene rings is 1. The van der Waals surface area contributed by atoms with Crippen LogP contribution in [0.25, 0.3) is 0 Å². The van der Waals surface area contributed by atoms with Gasteiger partial charge in [-0.25, -0.2) is 9.59 Å². The van der Waals surface area contributed by atoms with Crippen LogP contribution in [-0.2, 0) is 0 Å². The minimum atomic E-state index is -1.03. The summed E-state index contributed by atoms with van der Waals surface area (Å²) in [5.41, 5.74) is 0.706. The van der Waals surface area contributed by atoms with Crippen molar-refractivity contribution < 1.29 is 19.4 Å². The minimum absolute atomic E-state index is 0.130. The fourth-order valence-corrected chi connectivity index (χ4v) is 1.74. The summed E-state index contributed by atoms with van der Waals surface area (Å²) in [5.74, 6) is -0.650. The van der Waals surface area contributed by atoms with Crippen molar-refractivity contribution in [1.29, 1.82) is 0 Å². The molecule has 0 radical (unpaired) electrons. The van der Waals surface area contributed by atoms with Crippen molar-refractivity contribution in [3.8, 4) is 5.75 Å². The van der Waals surface area contributed by atoms with Crippen LogP contribution in [0, 0.1) is 0 Å². The first-order valence-electron chi connectivity index (χ1n) is 5.10. The lowest BCUT2D eigenvalue weighted by Crippen LogP contribution is -2.28. The number of aromatic carboxylic acids is 1. The lowest BCUT2D eigenvalue weighted by atomic mass is 10.2. The molecule has 1 aliphatic heterocycles. The van der Waals surface area contributed by atoms with Gasteiger partial charge in [-0.15, -0.1) is 0 Å². The Morgan fingerprint density at radius 2 is 2.29 bits per heavy atom. The Kier molecular flexibility index (Phi) is 2.86. The van der Waals surface area contributed by atoms with Gasteiger partial charge >= 0.3 is 12.0 Å². The number of carboxylic acids is 1. The zero-order valence-corrected chi connectivity index (χ0v) is 9.27. The summed E-state index contributed by atoms with van der Waals surface area (Å²) < 4.78 is 5.11. The van der Waals surface area contributed by atoms with Crippen molar-refractivity contribution in [1.82, 2.24) is 5.32 Å². The molecule has 2 rings (SSSR count). The number of nitrogens with one attached hydrogen (secondary N) is 1. The normalized spacial score (nSPS) is 14.6. The van der Waals surface area contributed by atoms with E-state index in [2.05, 4.69) is 5.32 Å². The second kappa shape index (κ2) is 4.32. The van der Waals surface area contributed by atoms with Gasteiger partial charge in [0.05, 0.1) is 18.4 Å². The number of methoxy groups -OCH3 is 1. The molecule has 6 heteroatoms. The van der Waals surface area contributed by atoms with Gasteiger partial charge in [0, 0.05) is 13.1 Å². The fourth-order valence-electron chi connectivity index (χ4n) is 1.74. The minimum Gasteiger partial charge on any atom is -0.495 e. The fraction of sp³-hybridized carbons (Fsp3) is 0.273. The molecule has 1 heterocycles. The predicted molar refractivity (Wildman–Crippen MR) is 60.7 cm³/mol. The third-order valence-electron chi connectivity index (χ3n) is 2.57. The maximum Gasteiger partial charge on any atom is 0.335 e. The summed E-state index contributed by atoms with van der Waals surface area (Å²) >= 11 is 0. The first-order chi connectivity index (χ1) is 8.13. The van der Waals surface area contributed by atoms with Gasteiger partial charge in [-0.1, -0.05) is 0 Å². The van der Waals surface area contributed by atoms with E-state index in [0.717, 1.165) is 0 Å². The molecule has 0 unspecified atom stereocenters. The molecule has 90 valence electrons. The molecule has 0 aliphatic carbocycles. The van der Waals surface area contributed by atoms with Gasteiger partial charge in [-0.3, -0.25) is 4.90 Å². The number of hydrogen-bond donors (Lipinski definition) is 2. The van der Waals surface area contributed by atoms with Gasteiger partial charge in [0.1, 0.15) is 5.75 Å². The number of amides is 2. The van der Waals surface area contributed by atoms with E-state index in [1.807, 2.05) is 0 Å². The van der Waals surface area contributed by atoms with Crippen LogP contribution in [0.2, 0.25) is 0 Å². The second-order valence-corrected chi connectivity index (χ2v) is 3.58. The van der Waals surface area contributed by atoms with Crippen molar-refractivity contribution in [2.75, 3.05) is 25.1 Å². The van der Waals surface area contributed by atoms with E-state index >= 15 is 0 Å². The van der Waals surface area contributed by atoms with E-state index in [9.17, 15) is 9.59 Å². The van der Waals surface area contributed by atoms with Crippen LogP contribution < -0.4 is 15.0 Å². The summed E-state index contributed by atoms with van der Waals surface area (Å²) in [4.78, 5) is 23.8. The van der Waals surface area contributed by atoms with E-state index < -0.39 is 5.97 Å². The van der Waals surface area contributed by atoms with Crippen molar-refractivity contribution in [2.24, 2.45) is 0 Å². The third kappa shape index (κ3) is 2.01. The number of nitrogens with zero attached hydrogens (tertiary/aromatic N) is 1. The Labute approximate surface area is 97.8 Å². The monoisotopic (exact) mass is 236 g/mol. The number of rotatable bonds is 3. The largest absolute Gasteiger partial charge is 0.495 e. The van der Waals surface area contributed by atoms with E-state index in [0.29, 0.717) is 24.5 Å². The summed E-state index contributed by atoms with van der Waals surface area (Å²) in [5, 5.41) is 11.5. The molecule has 1 fully saturated rings. The molecule has 1 aromatic carbocycles. The Bertz CT molecular complexity index is 473. The van der Waals surface area contributed by atoms with Crippen molar-refractivity contribution in [3.63, 3.8) is 0 Å². The highest BCUT2D eigenvalue weighted by Gasteiger charge is 2.24. The molecular formula is C11H12N2O4. The molecule has 17 heavy (non-hydrogen) atoms. The zero-order valence-electron chi connectivity index (χ0n) is 9.27.